The van der Waals surface area contributed by atoms with E-state index >= 15 is 0 Å². The van der Waals surface area contributed by atoms with Gasteiger partial charge in [0.05, 0.1) is 72.7 Å². The number of carbonyl (C=O) groups is 1. The quantitative estimate of drug-likeness (QED) is 0.185. The third-order valence-corrected chi connectivity index (χ3v) is 6.62. The Labute approximate surface area is 250 Å². The molecule has 2 aromatic carbocycles. The predicted octanol–water partition coefficient (Wildman–Crippen LogP) is 3.58. The van der Waals surface area contributed by atoms with Gasteiger partial charge in [0.15, 0.2) is 0 Å². The van der Waals surface area contributed by atoms with Crippen molar-refractivity contribution in [2.24, 2.45) is 0 Å². The second kappa shape index (κ2) is 21.2. The molecule has 0 bridgehead atoms. The SMILES string of the molecule is CN(C)CCOCCOCCOCCOCCOCCOCCCNC(=O)OCC1c2ccccc2-c2ccccc21. The Morgan fingerprint density at radius 1 is 0.643 bits per heavy atom. The lowest BCUT2D eigenvalue weighted by Gasteiger charge is -2.14. The summed E-state index contributed by atoms with van der Waals surface area (Å²) in [6, 6.07) is 16.6. The van der Waals surface area contributed by atoms with E-state index in [-0.39, 0.29) is 5.92 Å². The average molecular weight is 589 g/mol. The largest absolute Gasteiger partial charge is 0.449 e. The van der Waals surface area contributed by atoms with E-state index < -0.39 is 6.09 Å². The fourth-order valence-corrected chi connectivity index (χ4v) is 4.46. The molecule has 0 aliphatic heterocycles. The minimum atomic E-state index is -0.407. The maximum Gasteiger partial charge on any atom is 0.407 e. The predicted molar refractivity (Wildman–Crippen MR) is 161 cm³/mol. The molecule has 10 nitrogen and oxygen atoms in total. The van der Waals surface area contributed by atoms with Crippen molar-refractivity contribution in [3.05, 3.63) is 59.7 Å². The van der Waals surface area contributed by atoms with Crippen molar-refractivity contribution in [1.82, 2.24) is 10.2 Å². The highest BCUT2D eigenvalue weighted by Crippen LogP contribution is 2.44. The van der Waals surface area contributed by atoms with Crippen molar-refractivity contribution in [3.8, 4) is 11.1 Å². The Morgan fingerprint density at radius 2 is 1.07 bits per heavy atom. The van der Waals surface area contributed by atoms with Gasteiger partial charge in [-0.3, -0.25) is 0 Å². The van der Waals surface area contributed by atoms with E-state index in [0.29, 0.717) is 98.9 Å². The fraction of sp³-hybridized carbons (Fsp3) is 0.594. The number of ether oxygens (including phenoxy) is 7. The van der Waals surface area contributed by atoms with Gasteiger partial charge in [0.25, 0.3) is 0 Å². The van der Waals surface area contributed by atoms with Gasteiger partial charge in [0, 0.05) is 25.6 Å². The summed E-state index contributed by atoms with van der Waals surface area (Å²) in [6.45, 7) is 8.27. The molecule has 10 heteroatoms. The first-order valence-corrected chi connectivity index (χ1v) is 14.9. The van der Waals surface area contributed by atoms with Gasteiger partial charge in [-0.15, -0.1) is 0 Å². The van der Waals surface area contributed by atoms with Gasteiger partial charge >= 0.3 is 6.09 Å². The molecule has 2 aromatic rings. The minimum Gasteiger partial charge on any atom is -0.449 e. The fourth-order valence-electron chi connectivity index (χ4n) is 4.46. The highest BCUT2D eigenvalue weighted by atomic mass is 16.6. The second-order valence-corrected chi connectivity index (χ2v) is 10.1. The third kappa shape index (κ3) is 13.2. The standard InChI is InChI=1S/C32H48N2O8/c1-34(2)13-15-37-17-19-39-21-23-41-25-24-40-22-20-38-18-16-36-14-7-12-33-32(35)42-26-31-29-10-5-3-8-27(29)28-9-4-6-11-30(28)31/h3-6,8-11,31H,7,12-26H2,1-2H3,(H,33,35). The number of hydrogen-bond donors (Lipinski definition) is 1. The van der Waals surface area contributed by atoms with Crippen LogP contribution in [0.25, 0.3) is 11.1 Å². The molecule has 0 saturated heterocycles. The smallest absolute Gasteiger partial charge is 0.407 e. The molecule has 0 heterocycles. The molecular weight excluding hydrogens is 540 g/mol. The summed E-state index contributed by atoms with van der Waals surface area (Å²) in [5.41, 5.74) is 4.83. The number of hydrogen-bond acceptors (Lipinski definition) is 9. The molecule has 0 atom stereocenters. The number of likely N-dealkylation sites (N-methyl/N-ethyl adjacent to an activating group) is 1. The molecule has 0 aromatic heterocycles. The average Bonchev–Trinajstić information content (AvgIpc) is 3.32. The Morgan fingerprint density at radius 3 is 1.55 bits per heavy atom. The van der Waals surface area contributed by atoms with Crippen molar-refractivity contribution >= 4 is 6.09 Å². The van der Waals surface area contributed by atoms with E-state index in [9.17, 15) is 4.79 Å². The first kappa shape index (κ1) is 33.9. The van der Waals surface area contributed by atoms with E-state index in [1.807, 2.05) is 38.4 Å². The number of nitrogens with zero attached hydrogens (tertiary/aromatic N) is 1. The van der Waals surface area contributed by atoms with Crippen LogP contribution in [0.1, 0.15) is 23.5 Å². The highest BCUT2D eigenvalue weighted by Gasteiger charge is 2.28. The summed E-state index contributed by atoms with van der Waals surface area (Å²) in [7, 11) is 4.04. The van der Waals surface area contributed by atoms with Crippen molar-refractivity contribution in [2.75, 3.05) is 113 Å². The van der Waals surface area contributed by atoms with Gasteiger partial charge in [-0.2, -0.15) is 0 Å². The van der Waals surface area contributed by atoms with E-state index in [0.717, 1.165) is 6.54 Å². The number of fused-ring (bicyclic) bond motifs is 3. The van der Waals surface area contributed by atoms with Gasteiger partial charge < -0.3 is 43.4 Å². The summed E-state index contributed by atoms with van der Waals surface area (Å²) in [6.07, 6.45) is 0.291. The van der Waals surface area contributed by atoms with Gasteiger partial charge in [-0.05, 0) is 42.8 Å². The molecule has 0 unspecified atom stereocenters. The molecule has 1 amide bonds. The van der Waals surface area contributed by atoms with Crippen LogP contribution in [0.15, 0.2) is 48.5 Å². The number of benzene rings is 2. The normalized spacial score (nSPS) is 12.5. The Hall–Kier alpha value is -2.57. The number of alkyl carbamates (subject to hydrolysis) is 1. The van der Waals surface area contributed by atoms with Crippen molar-refractivity contribution in [2.45, 2.75) is 12.3 Å². The molecule has 1 aliphatic carbocycles. The molecule has 42 heavy (non-hydrogen) atoms. The summed E-state index contributed by atoms with van der Waals surface area (Å²) in [5.74, 6) is 0.0597. The Kier molecular flexibility index (Phi) is 17.1. The molecule has 0 fully saturated rings. The first-order chi connectivity index (χ1) is 20.7. The highest BCUT2D eigenvalue weighted by molar-refractivity contribution is 5.79. The van der Waals surface area contributed by atoms with Crippen LogP contribution < -0.4 is 5.32 Å². The van der Waals surface area contributed by atoms with Crippen LogP contribution in [0.3, 0.4) is 0 Å². The molecule has 1 aliphatic rings. The van der Waals surface area contributed by atoms with Crippen LogP contribution in [-0.4, -0.2) is 124 Å². The lowest BCUT2D eigenvalue weighted by molar-refractivity contribution is -0.0172. The van der Waals surface area contributed by atoms with Gasteiger partial charge in [0.1, 0.15) is 6.61 Å². The summed E-state index contributed by atoms with van der Waals surface area (Å²) in [5, 5.41) is 2.80. The molecule has 0 saturated carbocycles. The minimum absolute atomic E-state index is 0.0597. The molecular formula is C32H48N2O8. The Balaban J connectivity index is 1.05. The maximum atomic E-state index is 12.2. The zero-order valence-corrected chi connectivity index (χ0v) is 25.2. The summed E-state index contributed by atoms with van der Waals surface area (Å²) < 4.78 is 38.5. The van der Waals surface area contributed by atoms with Crippen LogP contribution in [0.2, 0.25) is 0 Å². The lowest BCUT2D eigenvalue weighted by Crippen LogP contribution is -2.27. The number of amides is 1. The van der Waals surface area contributed by atoms with Crippen molar-refractivity contribution in [3.63, 3.8) is 0 Å². The van der Waals surface area contributed by atoms with Crippen LogP contribution in [0, 0.1) is 0 Å². The van der Waals surface area contributed by atoms with Gasteiger partial charge in [0.2, 0.25) is 0 Å². The van der Waals surface area contributed by atoms with E-state index in [4.69, 9.17) is 33.2 Å². The van der Waals surface area contributed by atoms with Gasteiger partial charge in [-0.1, -0.05) is 48.5 Å². The third-order valence-electron chi connectivity index (χ3n) is 6.62. The van der Waals surface area contributed by atoms with E-state index in [1.54, 1.807) is 0 Å². The lowest BCUT2D eigenvalue weighted by atomic mass is 9.98. The van der Waals surface area contributed by atoms with Crippen LogP contribution >= 0.6 is 0 Å². The van der Waals surface area contributed by atoms with E-state index in [2.05, 4.69) is 34.5 Å². The molecule has 234 valence electrons. The monoisotopic (exact) mass is 588 g/mol. The van der Waals surface area contributed by atoms with E-state index in [1.165, 1.54) is 22.3 Å². The van der Waals surface area contributed by atoms with Gasteiger partial charge in [-0.25, -0.2) is 4.79 Å². The summed E-state index contributed by atoms with van der Waals surface area (Å²) >= 11 is 0. The molecule has 1 N–H and O–H groups in total. The first-order valence-electron chi connectivity index (χ1n) is 14.9. The Bertz CT molecular complexity index is 960. The number of carbonyl (C=O) groups excluding carboxylic acids is 1. The van der Waals surface area contributed by atoms with Crippen LogP contribution in [0.4, 0.5) is 4.79 Å². The van der Waals surface area contributed by atoms with Crippen molar-refractivity contribution < 1.29 is 38.0 Å². The maximum absolute atomic E-state index is 12.2. The molecule has 0 radical (unpaired) electrons. The second-order valence-electron chi connectivity index (χ2n) is 10.1. The van der Waals surface area contributed by atoms with Crippen LogP contribution in [0.5, 0.6) is 0 Å². The van der Waals surface area contributed by atoms with Crippen molar-refractivity contribution in [1.29, 1.82) is 0 Å². The molecule has 0 spiro atoms. The molecule has 3 rings (SSSR count). The zero-order chi connectivity index (χ0) is 29.7. The van der Waals surface area contributed by atoms with Crippen LogP contribution in [-0.2, 0) is 33.2 Å². The number of nitrogens with one attached hydrogen (secondary N) is 1. The number of rotatable bonds is 24. The summed E-state index contributed by atoms with van der Waals surface area (Å²) in [4.78, 5) is 14.3. The topological polar surface area (TPSA) is 97.0 Å². The zero-order valence-electron chi connectivity index (χ0n) is 25.2.